The summed E-state index contributed by atoms with van der Waals surface area (Å²) >= 11 is 0. The lowest BCUT2D eigenvalue weighted by Crippen LogP contribution is -2.36. The molecule has 4 rings (SSSR count). The molecule has 1 aromatic heterocycles. The fourth-order valence-corrected chi connectivity index (χ4v) is 3.46. The van der Waals surface area contributed by atoms with Crippen molar-refractivity contribution in [3.63, 3.8) is 0 Å². The van der Waals surface area contributed by atoms with Gasteiger partial charge in [-0.2, -0.15) is 0 Å². The molecule has 1 saturated heterocycles. The quantitative estimate of drug-likeness (QED) is 0.751. The van der Waals surface area contributed by atoms with E-state index in [1.807, 2.05) is 36.4 Å². The molecule has 28 heavy (non-hydrogen) atoms. The van der Waals surface area contributed by atoms with E-state index in [0.717, 1.165) is 37.6 Å². The molecule has 1 aliphatic heterocycles. The van der Waals surface area contributed by atoms with Crippen LogP contribution in [0.2, 0.25) is 0 Å². The number of aromatic nitrogens is 2. The Hall–Kier alpha value is -3.19. The van der Waals surface area contributed by atoms with Gasteiger partial charge < -0.3 is 20.3 Å². The molecule has 0 spiro atoms. The highest BCUT2D eigenvalue weighted by molar-refractivity contribution is 6.04. The van der Waals surface area contributed by atoms with Crippen LogP contribution >= 0.6 is 0 Å². The van der Waals surface area contributed by atoms with Crippen molar-refractivity contribution >= 4 is 28.4 Å². The zero-order chi connectivity index (χ0) is 19.5. The summed E-state index contributed by atoms with van der Waals surface area (Å²) in [5.41, 5.74) is 9.02. The third-order valence-electron chi connectivity index (χ3n) is 4.88. The van der Waals surface area contributed by atoms with Crippen LogP contribution in [0, 0.1) is 0 Å². The number of para-hydroxylation sites is 1. The van der Waals surface area contributed by atoms with Gasteiger partial charge >= 0.3 is 0 Å². The van der Waals surface area contributed by atoms with Crippen molar-refractivity contribution in [1.29, 1.82) is 0 Å². The van der Waals surface area contributed by atoms with Crippen molar-refractivity contribution in [3.05, 3.63) is 59.8 Å². The topological polar surface area (TPSA) is 84.6 Å². The molecule has 0 saturated carbocycles. The van der Waals surface area contributed by atoms with Crippen molar-refractivity contribution in [2.75, 3.05) is 44.0 Å². The highest BCUT2D eigenvalue weighted by Crippen LogP contribution is 2.21. The minimum atomic E-state index is -0.179. The van der Waals surface area contributed by atoms with Crippen LogP contribution in [0.5, 0.6) is 0 Å². The van der Waals surface area contributed by atoms with E-state index >= 15 is 0 Å². The number of morpholine rings is 1. The van der Waals surface area contributed by atoms with Gasteiger partial charge in [0.25, 0.3) is 5.91 Å². The zero-order valence-electron chi connectivity index (χ0n) is 15.8. The van der Waals surface area contributed by atoms with Crippen LogP contribution in [0.1, 0.15) is 16.1 Å². The van der Waals surface area contributed by atoms with Crippen LogP contribution in [0.3, 0.4) is 0 Å². The monoisotopic (exact) mass is 377 g/mol. The molecule has 2 aromatic carbocycles. The fraction of sp³-hybridized carbons (Fsp3) is 0.286. The maximum Gasteiger partial charge on any atom is 0.273 e. The number of nitrogen functional groups attached to an aromatic ring is 1. The van der Waals surface area contributed by atoms with Crippen LogP contribution in [0.25, 0.3) is 10.9 Å². The van der Waals surface area contributed by atoms with Gasteiger partial charge in [0.05, 0.1) is 18.7 Å². The number of nitrogens with two attached hydrogens (primary N) is 1. The largest absolute Gasteiger partial charge is 0.378 e. The second-order valence-corrected chi connectivity index (χ2v) is 6.88. The van der Waals surface area contributed by atoms with E-state index < -0.39 is 0 Å². The number of benzene rings is 2. The first-order valence-electron chi connectivity index (χ1n) is 9.31. The molecule has 0 bridgehead atoms. The molecular formula is C21H23N5O2. The Balaban J connectivity index is 1.56. The number of fused-ring (bicyclic) bond motifs is 1. The maximum atomic E-state index is 13.1. The number of anilines is 2. The Kier molecular flexibility index (Phi) is 5.08. The lowest BCUT2D eigenvalue weighted by molar-refractivity contribution is 0.0781. The van der Waals surface area contributed by atoms with E-state index in [-0.39, 0.29) is 11.9 Å². The average molecular weight is 377 g/mol. The summed E-state index contributed by atoms with van der Waals surface area (Å²) in [5.74, 6) is -0.0770. The molecule has 3 aromatic rings. The molecule has 1 aliphatic rings. The second-order valence-electron chi connectivity index (χ2n) is 6.88. The standard InChI is InChI=1S/C21H23N5O2/c1-25(14-15-5-4-6-16(13-15)26-9-11-28-12-10-26)20(27)19-17-7-2-3-8-18(17)23-21(22)24-19/h2-8,13H,9-12,14H2,1H3,(H2,22,23,24). The Morgan fingerprint density at radius 2 is 1.93 bits per heavy atom. The molecule has 144 valence electrons. The van der Waals surface area contributed by atoms with E-state index in [9.17, 15) is 4.79 Å². The SMILES string of the molecule is CN(Cc1cccc(N2CCOCC2)c1)C(=O)c1nc(N)nc2ccccc12. The van der Waals surface area contributed by atoms with Gasteiger partial charge in [0.2, 0.25) is 5.95 Å². The smallest absolute Gasteiger partial charge is 0.273 e. The molecule has 1 fully saturated rings. The molecule has 1 amide bonds. The molecule has 7 heteroatoms. The van der Waals surface area contributed by atoms with Gasteiger partial charge in [-0.25, -0.2) is 9.97 Å². The number of ether oxygens (including phenoxy) is 1. The molecule has 7 nitrogen and oxygen atoms in total. The lowest BCUT2D eigenvalue weighted by Gasteiger charge is -2.29. The predicted octanol–water partition coefficient (Wildman–Crippen LogP) is 2.32. The summed E-state index contributed by atoms with van der Waals surface area (Å²) < 4.78 is 5.42. The highest BCUT2D eigenvalue weighted by atomic mass is 16.5. The first kappa shape index (κ1) is 18.2. The van der Waals surface area contributed by atoms with Gasteiger partial charge in [-0.05, 0) is 23.8 Å². The van der Waals surface area contributed by atoms with E-state index in [2.05, 4.69) is 27.0 Å². The zero-order valence-corrected chi connectivity index (χ0v) is 15.8. The Labute approximate surface area is 163 Å². The number of carbonyl (C=O) groups excluding carboxylic acids is 1. The molecule has 0 aliphatic carbocycles. The third kappa shape index (κ3) is 3.75. The van der Waals surface area contributed by atoms with Gasteiger partial charge in [-0.1, -0.05) is 30.3 Å². The van der Waals surface area contributed by atoms with Gasteiger partial charge in [0, 0.05) is 37.8 Å². The summed E-state index contributed by atoms with van der Waals surface area (Å²) in [4.78, 5) is 25.4. The Morgan fingerprint density at radius 3 is 2.75 bits per heavy atom. The van der Waals surface area contributed by atoms with E-state index in [1.54, 1.807) is 11.9 Å². The molecule has 2 heterocycles. The van der Waals surface area contributed by atoms with Crippen molar-refractivity contribution in [1.82, 2.24) is 14.9 Å². The van der Waals surface area contributed by atoms with Crippen molar-refractivity contribution < 1.29 is 9.53 Å². The fourth-order valence-electron chi connectivity index (χ4n) is 3.46. The van der Waals surface area contributed by atoms with E-state index in [1.165, 1.54) is 0 Å². The summed E-state index contributed by atoms with van der Waals surface area (Å²) in [6.07, 6.45) is 0. The van der Waals surface area contributed by atoms with Gasteiger partial charge in [-0.15, -0.1) is 0 Å². The van der Waals surface area contributed by atoms with Crippen LogP contribution in [-0.2, 0) is 11.3 Å². The summed E-state index contributed by atoms with van der Waals surface area (Å²) in [6.45, 7) is 3.72. The van der Waals surface area contributed by atoms with Crippen LogP contribution in [0.15, 0.2) is 48.5 Å². The minimum Gasteiger partial charge on any atom is -0.378 e. The normalized spacial score (nSPS) is 14.2. The van der Waals surface area contributed by atoms with Gasteiger partial charge in [0.1, 0.15) is 5.69 Å². The van der Waals surface area contributed by atoms with Crippen molar-refractivity contribution in [2.24, 2.45) is 0 Å². The van der Waals surface area contributed by atoms with Crippen LogP contribution in [0.4, 0.5) is 11.6 Å². The highest BCUT2D eigenvalue weighted by Gasteiger charge is 2.19. The average Bonchev–Trinajstić information content (AvgIpc) is 2.73. The summed E-state index contributed by atoms with van der Waals surface area (Å²) in [6, 6.07) is 15.7. The molecule has 0 radical (unpaired) electrons. The number of hydrogen-bond donors (Lipinski definition) is 1. The first-order chi connectivity index (χ1) is 13.6. The lowest BCUT2D eigenvalue weighted by atomic mass is 10.1. The van der Waals surface area contributed by atoms with Crippen LogP contribution in [-0.4, -0.2) is 54.1 Å². The van der Waals surface area contributed by atoms with Gasteiger partial charge in [0.15, 0.2) is 0 Å². The van der Waals surface area contributed by atoms with Crippen molar-refractivity contribution in [2.45, 2.75) is 6.54 Å². The molecule has 0 atom stereocenters. The van der Waals surface area contributed by atoms with E-state index in [4.69, 9.17) is 10.5 Å². The van der Waals surface area contributed by atoms with Gasteiger partial charge in [-0.3, -0.25) is 4.79 Å². The number of carbonyl (C=O) groups is 1. The number of rotatable bonds is 4. The number of amides is 1. The molecule has 2 N–H and O–H groups in total. The van der Waals surface area contributed by atoms with Crippen molar-refractivity contribution in [3.8, 4) is 0 Å². The Bertz CT molecular complexity index is 1000. The third-order valence-corrected chi connectivity index (χ3v) is 4.88. The maximum absolute atomic E-state index is 13.1. The summed E-state index contributed by atoms with van der Waals surface area (Å²) in [7, 11) is 1.77. The summed E-state index contributed by atoms with van der Waals surface area (Å²) in [5, 5.41) is 0.704. The minimum absolute atomic E-state index is 0.102. The Morgan fingerprint density at radius 1 is 1.14 bits per heavy atom. The first-order valence-corrected chi connectivity index (χ1v) is 9.31. The number of hydrogen-bond acceptors (Lipinski definition) is 6. The molecule has 0 unspecified atom stereocenters. The van der Waals surface area contributed by atoms with Crippen LogP contribution < -0.4 is 10.6 Å². The second kappa shape index (κ2) is 7.82. The number of nitrogens with zero attached hydrogens (tertiary/aromatic N) is 4. The molecular weight excluding hydrogens is 354 g/mol. The predicted molar refractivity (Wildman–Crippen MR) is 109 cm³/mol. The van der Waals surface area contributed by atoms with E-state index in [0.29, 0.717) is 23.1 Å².